The fraction of sp³-hybridized carbons (Fsp3) is 0.278. The fourth-order valence-electron chi connectivity index (χ4n) is 5.16. The molecule has 0 saturated carbocycles. The van der Waals surface area contributed by atoms with Crippen molar-refractivity contribution >= 4 is 99.3 Å². The fourth-order valence-corrected chi connectivity index (χ4v) is 15.0. The van der Waals surface area contributed by atoms with Crippen molar-refractivity contribution < 1.29 is 13.7 Å². The van der Waals surface area contributed by atoms with Gasteiger partial charge < -0.3 is 4.12 Å². The molecule has 2 unspecified atom stereocenters. The minimum atomic E-state index is -1.98. The van der Waals surface area contributed by atoms with E-state index in [1.165, 1.54) is 0 Å². The zero-order valence-corrected chi connectivity index (χ0v) is 33.8. The molecule has 0 N–H and O–H groups in total. The Bertz CT molecular complexity index is 1600. The molecular weight excluding hydrogens is 749 g/mol. The first kappa shape index (κ1) is 38.2. The van der Waals surface area contributed by atoms with Crippen LogP contribution >= 0.6 is 69.6 Å². The lowest BCUT2D eigenvalue weighted by Gasteiger charge is -2.38. The van der Waals surface area contributed by atoms with Crippen LogP contribution in [0.25, 0.3) is 0 Å². The molecule has 0 spiro atoms. The average Bonchev–Trinajstić information content (AvgIpc) is 2.95. The van der Waals surface area contributed by atoms with Crippen LogP contribution in [0.3, 0.4) is 0 Å². The van der Waals surface area contributed by atoms with Gasteiger partial charge in [0.2, 0.25) is 0 Å². The third-order valence-corrected chi connectivity index (χ3v) is 17.8. The average molecular weight is 786 g/mol. The first-order valence-corrected chi connectivity index (χ1v) is 21.1. The molecule has 0 aliphatic rings. The normalized spacial score (nSPS) is 13.4. The number of hydrogen-bond acceptors (Lipinski definition) is 3. The van der Waals surface area contributed by atoms with Crippen LogP contribution in [0.4, 0.5) is 0 Å². The molecule has 0 fully saturated rings. The molecule has 0 bridgehead atoms. The first-order chi connectivity index (χ1) is 21.8. The van der Waals surface area contributed by atoms with E-state index in [4.69, 9.17) is 73.7 Å². The minimum Gasteiger partial charge on any atom is -0.458 e. The molecule has 3 nitrogen and oxygen atoms in total. The number of benzene rings is 4. The number of carbonyl (C=O) groups is 2. The zero-order valence-electron chi connectivity index (χ0n) is 27.0. The van der Waals surface area contributed by atoms with Crippen LogP contribution in [0.2, 0.25) is 40.2 Å². The van der Waals surface area contributed by atoms with Gasteiger partial charge in [0.1, 0.15) is 0 Å². The van der Waals surface area contributed by atoms with Gasteiger partial charge in [-0.05, 0) is 106 Å². The molecule has 0 aliphatic heterocycles. The van der Waals surface area contributed by atoms with E-state index in [0.29, 0.717) is 53.4 Å². The van der Waals surface area contributed by atoms with Crippen molar-refractivity contribution in [2.45, 2.75) is 63.7 Å². The van der Waals surface area contributed by atoms with Crippen LogP contribution in [0.1, 0.15) is 84.5 Å². The Morgan fingerprint density at radius 1 is 0.532 bits per heavy atom. The maximum atomic E-state index is 13.2. The third-order valence-electron chi connectivity index (χ3n) is 7.97. The molecule has 0 saturated heterocycles. The van der Waals surface area contributed by atoms with Crippen molar-refractivity contribution in [1.82, 2.24) is 0 Å². The monoisotopic (exact) mass is 782 g/mol. The summed E-state index contributed by atoms with van der Waals surface area (Å²) < 4.78 is 7.21. The lowest BCUT2D eigenvalue weighted by molar-refractivity contribution is 0.103. The largest absolute Gasteiger partial charge is 0.458 e. The summed E-state index contributed by atoms with van der Waals surface area (Å²) in [4.78, 5) is 26.5. The maximum Gasteiger partial charge on any atom is 0.196 e. The van der Waals surface area contributed by atoms with Gasteiger partial charge in [-0.1, -0.05) is 111 Å². The number of ketones is 2. The van der Waals surface area contributed by atoms with E-state index in [2.05, 4.69) is 41.5 Å². The SMILES string of the molecule is CC(C)(C)[SiH](Cc1cc(Cl)c(C(=O)c2ccc(Cl)cc2)c(Cl)c1)O[SiH](Cc1cc(Cl)c(C(=O)c2ccc(Cl)cc2)c(Cl)c1)C(C)(C)C. The maximum absolute atomic E-state index is 13.2. The van der Waals surface area contributed by atoms with E-state index in [0.717, 1.165) is 11.1 Å². The number of hydrogen-bond donors (Lipinski definition) is 0. The molecule has 0 amide bonds. The van der Waals surface area contributed by atoms with E-state index in [-0.39, 0.29) is 32.8 Å². The molecule has 0 aromatic heterocycles. The van der Waals surface area contributed by atoms with Gasteiger partial charge in [0.05, 0.1) is 31.2 Å². The van der Waals surface area contributed by atoms with E-state index in [1.54, 1.807) is 48.5 Å². The third kappa shape index (κ3) is 9.75. The van der Waals surface area contributed by atoms with Crippen molar-refractivity contribution in [3.63, 3.8) is 0 Å². The van der Waals surface area contributed by atoms with Crippen LogP contribution in [-0.4, -0.2) is 29.6 Å². The van der Waals surface area contributed by atoms with Crippen molar-refractivity contribution in [2.75, 3.05) is 0 Å². The number of carbonyl (C=O) groups excluding carboxylic acids is 2. The van der Waals surface area contributed by atoms with Gasteiger partial charge in [0.25, 0.3) is 0 Å². The summed E-state index contributed by atoms with van der Waals surface area (Å²) in [6.07, 6.45) is 0. The van der Waals surface area contributed by atoms with Crippen molar-refractivity contribution in [2.24, 2.45) is 0 Å². The van der Waals surface area contributed by atoms with Crippen molar-refractivity contribution in [3.05, 3.63) is 136 Å². The van der Waals surface area contributed by atoms with Gasteiger partial charge in [-0.25, -0.2) is 0 Å². The van der Waals surface area contributed by atoms with Crippen LogP contribution in [0.15, 0.2) is 72.8 Å². The second-order valence-electron chi connectivity index (χ2n) is 13.8. The number of rotatable bonds is 10. The molecule has 4 aromatic rings. The molecule has 4 aromatic carbocycles. The van der Waals surface area contributed by atoms with Crippen LogP contribution in [-0.2, 0) is 16.2 Å². The van der Waals surface area contributed by atoms with Gasteiger partial charge in [-0.3, -0.25) is 9.59 Å². The summed E-state index contributed by atoms with van der Waals surface area (Å²) in [6.45, 7) is 13.2. The summed E-state index contributed by atoms with van der Waals surface area (Å²) in [5.74, 6) is -0.523. The Labute approximate surface area is 310 Å². The highest BCUT2D eigenvalue weighted by Gasteiger charge is 2.37. The van der Waals surface area contributed by atoms with Gasteiger partial charge in [0.15, 0.2) is 29.6 Å². The van der Waals surface area contributed by atoms with E-state index in [1.807, 2.05) is 24.3 Å². The quantitative estimate of drug-likeness (QED) is 0.119. The summed E-state index contributed by atoms with van der Waals surface area (Å²) >= 11 is 38.8. The van der Waals surface area contributed by atoms with Gasteiger partial charge in [-0.15, -0.1) is 0 Å². The lowest BCUT2D eigenvalue weighted by Crippen LogP contribution is -2.43. The Morgan fingerprint density at radius 3 is 1.06 bits per heavy atom. The molecule has 4 rings (SSSR count). The van der Waals surface area contributed by atoms with Gasteiger partial charge in [-0.2, -0.15) is 0 Å². The highest BCUT2D eigenvalue weighted by atomic mass is 35.5. The predicted octanol–water partition coefficient (Wildman–Crippen LogP) is 12.0. The van der Waals surface area contributed by atoms with Gasteiger partial charge >= 0.3 is 0 Å². The highest BCUT2D eigenvalue weighted by Crippen LogP contribution is 2.39. The molecule has 2 atom stereocenters. The molecule has 0 heterocycles. The second kappa shape index (κ2) is 15.5. The molecule has 0 radical (unpaired) electrons. The highest BCUT2D eigenvalue weighted by molar-refractivity contribution is 6.69. The summed E-state index contributed by atoms with van der Waals surface area (Å²) in [5, 5.41) is 2.09. The second-order valence-corrected chi connectivity index (χ2v) is 23.6. The van der Waals surface area contributed by atoms with Crippen molar-refractivity contribution in [3.8, 4) is 0 Å². The Balaban J connectivity index is 1.59. The predicted molar refractivity (Wildman–Crippen MR) is 205 cm³/mol. The minimum absolute atomic E-state index is 0.0998. The lowest BCUT2D eigenvalue weighted by atomic mass is 10.0. The Hall–Kier alpha value is -1.65. The molecule has 0 aliphatic carbocycles. The number of halogens is 6. The van der Waals surface area contributed by atoms with E-state index >= 15 is 0 Å². The molecule has 248 valence electrons. The van der Waals surface area contributed by atoms with Gasteiger partial charge in [0, 0.05) is 21.2 Å². The smallest absolute Gasteiger partial charge is 0.196 e. The van der Waals surface area contributed by atoms with E-state index in [9.17, 15) is 9.59 Å². The topological polar surface area (TPSA) is 43.4 Å². The molecular formula is C36H36Cl6O3Si2. The first-order valence-electron chi connectivity index (χ1n) is 15.1. The summed E-state index contributed by atoms with van der Waals surface area (Å²) in [7, 11) is -3.95. The Kier molecular flexibility index (Phi) is 12.6. The van der Waals surface area contributed by atoms with E-state index < -0.39 is 18.1 Å². The molecule has 11 heteroatoms. The summed E-state index contributed by atoms with van der Waals surface area (Å²) in [5.41, 5.74) is 3.30. The zero-order chi connectivity index (χ0) is 34.8. The summed E-state index contributed by atoms with van der Waals surface area (Å²) in [6, 6.07) is 21.9. The molecule has 47 heavy (non-hydrogen) atoms. The van der Waals surface area contributed by atoms with Crippen LogP contribution in [0.5, 0.6) is 0 Å². The van der Waals surface area contributed by atoms with Crippen LogP contribution < -0.4 is 0 Å². The van der Waals surface area contributed by atoms with Crippen LogP contribution in [0, 0.1) is 0 Å². The standard InChI is InChI=1S/C36H36Cl6O3Si2/c1-35(2,3)46(19-21-15-27(39)31(28(40)16-21)33(43)23-7-11-25(37)12-8-23)45-47(36(4,5)6)20-22-17-29(41)32(30(42)18-22)34(44)24-9-13-26(38)14-10-24/h7-18,46-47H,19-20H2,1-6H3. The van der Waals surface area contributed by atoms with Crippen molar-refractivity contribution in [1.29, 1.82) is 0 Å². The Morgan fingerprint density at radius 2 is 0.809 bits per heavy atom.